The van der Waals surface area contributed by atoms with E-state index in [9.17, 15) is 9.59 Å². The third-order valence-electron chi connectivity index (χ3n) is 3.91. The van der Waals surface area contributed by atoms with Crippen LogP contribution in [0.1, 0.15) is 25.0 Å². The van der Waals surface area contributed by atoms with Gasteiger partial charge in [0.2, 0.25) is 0 Å². The number of ether oxygens (including phenoxy) is 2. The molecule has 0 aromatic heterocycles. The summed E-state index contributed by atoms with van der Waals surface area (Å²) < 4.78 is 10.7. The number of likely N-dealkylation sites (N-methyl/N-ethyl adjacent to an activating group) is 1. The highest BCUT2D eigenvalue weighted by Crippen LogP contribution is 2.14. The van der Waals surface area contributed by atoms with Gasteiger partial charge in [-0.05, 0) is 43.7 Å². The average Bonchev–Trinajstić information content (AvgIpc) is 2.68. The Bertz CT molecular complexity index is 812. The van der Waals surface area contributed by atoms with E-state index in [-0.39, 0.29) is 5.91 Å². The summed E-state index contributed by atoms with van der Waals surface area (Å²) in [5.41, 5.74) is 1.49. The van der Waals surface area contributed by atoms with Crippen molar-refractivity contribution in [2.24, 2.45) is 0 Å². The molecule has 0 radical (unpaired) electrons. The molecule has 0 spiro atoms. The van der Waals surface area contributed by atoms with Crippen molar-refractivity contribution in [3.63, 3.8) is 0 Å². The minimum absolute atomic E-state index is 0.294. The Labute approximate surface area is 158 Å². The van der Waals surface area contributed by atoms with Crippen molar-refractivity contribution >= 4 is 11.9 Å². The summed E-state index contributed by atoms with van der Waals surface area (Å²) in [6.45, 7) is 3.51. The number of hydrogen-bond donors (Lipinski definition) is 0. The highest BCUT2D eigenvalue weighted by molar-refractivity contribution is 5.84. The molecule has 0 aliphatic heterocycles. The van der Waals surface area contributed by atoms with E-state index in [0.29, 0.717) is 17.9 Å². The van der Waals surface area contributed by atoms with Crippen molar-refractivity contribution in [3.8, 4) is 11.8 Å². The van der Waals surface area contributed by atoms with Gasteiger partial charge in [0.1, 0.15) is 5.75 Å². The number of carbonyl (C=O) groups excluding carboxylic acids is 2. The first-order valence-electron chi connectivity index (χ1n) is 8.57. The number of amides is 1. The molecule has 0 N–H and O–H groups in total. The topological polar surface area (TPSA) is 79.6 Å². The van der Waals surface area contributed by atoms with Crippen molar-refractivity contribution in [1.82, 2.24) is 4.90 Å². The van der Waals surface area contributed by atoms with E-state index in [0.717, 1.165) is 5.56 Å². The molecule has 2 aromatic carbocycles. The van der Waals surface area contributed by atoms with E-state index < -0.39 is 18.2 Å². The fraction of sp³-hybridized carbons (Fsp3) is 0.286. The van der Waals surface area contributed by atoms with Gasteiger partial charge in [0.25, 0.3) is 5.91 Å². The van der Waals surface area contributed by atoms with E-state index in [1.54, 1.807) is 38.2 Å². The number of hydrogen-bond acceptors (Lipinski definition) is 5. The van der Waals surface area contributed by atoms with Gasteiger partial charge < -0.3 is 14.4 Å². The van der Waals surface area contributed by atoms with Crippen LogP contribution in [0.5, 0.6) is 5.75 Å². The first-order valence-corrected chi connectivity index (χ1v) is 8.57. The number of nitrogens with zero attached hydrogens (tertiary/aromatic N) is 2. The highest BCUT2D eigenvalue weighted by atomic mass is 16.6. The van der Waals surface area contributed by atoms with Crippen molar-refractivity contribution in [2.45, 2.75) is 32.6 Å². The maximum Gasteiger partial charge on any atom is 0.347 e. The molecule has 0 fully saturated rings. The molecule has 6 nitrogen and oxygen atoms in total. The van der Waals surface area contributed by atoms with Crippen LogP contribution < -0.4 is 4.74 Å². The van der Waals surface area contributed by atoms with Gasteiger partial charge >= 0.3 is 5.97 Å². The summed E-state index contributed by atoms with van der Waals surface area (Å²) in [6, 6.07) is 18.0. The minimum atomic E-state index is -0.918. The first kappa shape index (κ1) is 20.0. The lowest BCUT2D eigenvalue weighted by Gasteiger charge is -2.23. The molecule has 2 rings (SSSR count). The van der Waals surface area contributed by atoms with Gasteiger partial charge in [0.15, 0.2) is 12.2 Å². The van der Waals surface area contributed by atoms with Crippen LogP contribution in [0, 0.1) is 11.3 Å². The lowest BCUT2D eigenvalue weighted by Crippen LogP contribution is -2.39. The first-order chi connectivity index (χ1) is 12.9. The van der Waals surface area contributed by atoms with Crippen molar-refractivity contribution < 1.29 is 19.1 Å². The second kappa shape index (κ2) is 9.39. The number of esters is 1. The lowest BCUT2D eigenvalue weighted by atomic mass is 10.2. The van der Waals surface area contributed by atoms with E-state index in [1.165, 1.54) is 11.8 Å². The SMILES string of the molecule is C[C@H](Oc1ccc(C#N)cc1)C(=O)O[C@H](C)C(=O)N(C)Cc1ccccc1. The Morgan fingerprint density at radius 1 is 1.04 bits per heavy atom. The maximum absolute atomic E-state index is 12.4. The van der Waals surface area contributed by atoms with Gasteiger partial charge in [-0.15, -0.1) is 0 Å². The summed E-state index contributed by atoms with van der Waals surface area (Å²) in [5.74, 6) is -0.482. The molecule has 0 saturated heterocycles. The molecular formula is C21H22N2O4. The second-order valence-electron chi connectivity index (χ2n) is 6.16. The van der Waals surface area contributed by atoms with Crippen molar-refractivity contribution in [1.29, 1.82) is 5.26 Å². The lowest BCUT2D eigenvalue weighted by molar-refractivity contribution is -0.164. The summed E-state index contributed by atoms with van der Waals surface area (Å²) in [5, 5.41) is 8.79. The molecule has 1 amide bonds. The fourth-order valence-electron chi connectivity index (χ4n) is 2.43. The van der Waals surface area contributed by atoms with E-state index in [4.69, 9.17) is 14.7 Å². The molecule has 0 bridgehead atoms. The van der Waals surface area contributed by atoms with Gasteiger partial charge in [-0.1, -0.05) is 30.3 Å². The van der Waals surface area contributed by atoms with E-state index >= 15 is 0 Å². The van der Waals surface area contributed by atoms with Crippen molar-refractivity contribution in [3.05, 3.63) is 65.7 Å². The summed E-state index contributed by atoms with van der Waals surface area (Å²) in [6.07, 6.45) is -1.80. The van der Waals surface area contributed by atoms with Crippen LogP contribution in [0.4, 0.5) is 0 Å². The molecular weight excluding hydrogens is 344 g/mol. The number of rotatable bonds is 7. The zero-order valence-electron chi connectivity index (χ0n) is 15.6. The Hall–Kier alpha value is -3.33. The van der Waals surface area contributed by atoms with Crippen LogP contribution in [-0.4, -0.2) is 36.0 Å². The monoisotopic (exact) mass is 366 g/mol. The Kier molecular flexibility index (Phi) is 6.95. The van der Waals surface area contributed by atoms with Crippen LogP contribution in [0.15, 0.2) is 54.6 Å². The predicted octanol–water partition coefficient (Wildman–Crippen LogP) is 2.92. The molecule has 0 unspecified atom stereocenters. The molecule has 0 heterocycles. The maximum atomic E-state index is 12.4. The molecule has 2 aromatic rings. The van der Waals surface area contributed by atoms with Crippen LogP contribution in [0.2, 0.25) is 0 Å². The Morgan fingerprint density at radius 2 is 1.67 bits per heavy atom. The summed E-state index contributed by atoms with van der Waals surface area (Å²) >= 11 is 0. The van der Waals surface area contributed by atoms with Crippen LogP contribution in [-0.2, 0) is 20.9 Å². The number of nitriles is 1. The van der Waals surface area contributed by atoms with E-state index in [2.05, 4.69) is 0 Å². The third-order valence-corrected chi connectivity index (χ3v) is 3.91. The molecule has 0 aliphatic rings. The van der Waals surface area contributed by atoms with Gasteiger partial charge in [0.05, 0.1) is 11.6 Å². The largest absolute Gasteiger partial charge is 0.479 e. The standard InChI is InChI=1S/C21H22N2O4/c1-15(20(24)23(3)14-18-7-5-4-6-8-18)27-21(25)16(2)26-19-11-9-17(13-22)10-12-19/h4-12,15-16H,14H2,1-3H3/t15-,16+/m1/s1. The second-order valence-corrected chi connectivity index (χ2v) is 6.16. The molecule has 27 heavy (non-hydrogen) atoms. The summed E-state index contributed by atoms with van der Waals surface area (Å²) in [7, 11) is 1.66. The zero-order chi connectivity index (χ0) is 19.8. The smallest absolute Gasteiger partial charge is 0.347 e. The van der Waals surface area contributed by atoms with Crippen LogP contribution >= 0.6 is 0 Å². The predicted molar refractivity (Wildman–Crippen MR) is 99.7 cm³/mol. The Morgan fingerprint density at radius 3 is 2.26 bits per heavy atom. The molecule has 140 valence electrons. The highest BCUT2D eigenvalue weighted by Gasteiger charge is 2.25. The quantitative estimate of drug-likeness (QED) is 0.704. The van der Waals surface area contributed by atoms with Gasteiger partial charge in [0, 0.05) is 13.6 Å². The normalized spacial score (nSPS) is 12.4. The summed E-state index contributed by atoms with van der Waals surface area (Å²) in [4.78, 5) is 26.1. The molecule has 0 aliphatic carbocycles. The molecule has 2 atom stereocenters. The third kappa shape index (κ3) is 5.86. The van der Waals surface area contributed by atoms with Gasteiger partial charge in [-0.3, -0.25) is 4.79 Å². The van der Waals surface area contributed by atoms with Gasteiger partial charge in [-0.2, -0.15) is 5.26 Å². The van der Waals surface area contributed by atoms with E-state index in [1.807, 2.05) is 36.4 Å². The van der Waals surface area contributed by atoms with Crippen LogP contribution in [0.3, 0.4) is 0 Å². The zero-order valence-corrected chi connectivity index (χ0v) is 15.6. The molecule has 6 heteroatoms. The average molecular weight is 366 g/mol. The molecule has 0 saturated carbocycles. The Balaban J connectivity index is 1.87. The van der Waals surface area contributed by atoms with Crippen LogP contribution in [0.25, 0.3) is 0 Å². The number of carbonyl (C=O) groups is 2. The minimum Gasteiger partial charge on any atom is -0.479 e. The van der Waals surface area contributed by atoms with Crippen molar-refractivity contribution in [2.75, 3.05) is 7.05 Å². The number of benzene rings is 2. The fourth-order valence-corrected chi connectivity index (χ4v) is 2.43. The van der Waals surface area contributed by atoms with Gasteiger partial charge in [-0.25, -0.2) is 4.79 Å².